The molecule has 0 aromatic rings. The molecule has 4 N–H and O–H groups in total. The van der Waals surface area contributed by atoms with Crippen LogP contribution in [-0.2, 0) is 14.4 Å². The predicted octanol–water partition coefficient (Wildman–Crippen LogP) is -0.982. The molecule has 2 aliphatic rings. The summed E-state index contributed by atoms with van der Waals surface area (Å²) in [6.07, 6.45) is -0.0982. The molecule has 0 unspecified atom stereocenters. The summed E-state index contributed by atoms with van der Waals surface area (Å²) in [5, 5.41) is 20.8. The maximum absolute atomic E-state index is 10.7. The van der Waals surface area contributed by atoms with Crippen LogP contribution in [0.25, 0.3) is 0 Å². The number of aliphatic carboxylic acids is 2. The maximum atomic E-state index is 10.7. The van der Waals surface area contributed by atoms with Crippen LogP contribution in [0.5, 0.6) is 0 Å². The third-order valence-electron chi connectivity index (χ3n) is 2.85. The molecule has 3 atom stereocenters. The zero-order chi connectivity index (χ0) is 11.2. The van der Waals surface area contributed by atoms with Gasteiger partial charge in [-0.3, -0.25) is 4.79 Å². The molecule has 1 saturated carbocycles. The van der Waals surface area contributed by atoms with E-state index in [-0.39, 0.29) is 18.1 Å². The second-order valence-corrected chi connectivity index (χ2v) is 3.85. The quantitative estimate of drug-likeness (QED) is 0.554. The lowest BCUT2D eigenvalue weighted by Gasteiger charge is -2.09. The number of nitrogens with two attached hydrogens (primary N) is 1. The lowest BCUT2D eigenvalue weighted by molar-refractivity contribution is -0.140. The highest BCUT2D eigenvalue weighted by atomic mass is 16.6. The first kappa shape index (κ1) is 9.91. The number of nitrogens with zero attached hydrogens (tertiary/aromatic N) is 1. The van der Waals surface area contributed by atoms with Gasteiger partial charge in [0.05, 0.1) is 0 Å². The Morgan fingerprint density at radius 1 is 1.53 bits per heavy atom. The van der Waals surface area contributed by atoms with Crippen molar-refractivity contribution >= 4 is 17.7 Å². The van der Waals surface area contributed by atoms with Gasteiger partial charge in [0.25, 0.3) is 0 Å². The molecule has 1 heterocycles. The van der Waals surface area contributed by atoms with Crippen LogP contribution in [0.3, 0.4) is 0 Å². The zero-order valence-corrected chi connectivity index (χ0v) is 7.71. The van der Waals surface area contributed by atoms with Crippen LogP contribution in [-0.4, -0.2) is 39.5 Å². The molecule has 15 heavy (non-hydrogen) atoms. The molecule has 0 radical (unpaired) electrons. The van der Waals surface area contributed by atoms with Crippen molar-refractivity contribution in [1.82, 2.24) is 0 Å². The fourth-order valence-electron chi connectivity index (χ4n) is 1.75. The van der Waals surface area contributed by atoms with Gasteiger partial charge in [-0.15, -0.1) is 0 Å². The molecular weight excluding hydrogens is 204 g/mol. The summed E-state index contributed by atoms with van der Waals surface area (Å²) in [4.78, 5) is 26.1. The Kier molecular flexibility index (Phi) is 1.93. The van der Waals surface area contributed by atoms with Gasteiger partial charge >= 0.3 is 11.9 Å². The Balaban J connectivity index is 1.97. The Labute approximate surface area is 84.5 Å². The second-order valence-electron chi connectivity index (χ2n) is 3.85. The minimum Gasteiger partial charge on any atom is -0.480 e. The van der Waals surface area contributed by atoms with Crippen molar-refractivity contribution in [2.75, 3.05) is 0 Å². The SMILES string of the molecule is N[C@]1(C(=O)O)C[C@H]1[C@@H]1CC(C(=O)O)=NO1. The van der Waals surface area contributed by atoms with Crippen molar-refractivity contribution in [3.8, 4) is 0 Å². The smallest absolute Gasteiger partial charge is 0.353 e. The Morgan fingerprint density at radius 2 is 2.20 bits per heavy atom. The monoisotopic (exact) mass is 214 g/mol. The summed E-state index contributed by atoms with van der Waals surface area (Å²) in [6.45, 7) is 0. The van der Waals surface area contributed by atoms with Crippen molar-refractivity contribution in [3.63, 3.8) is 0 Å². The van der Waals surface area contributed by atoms with E-state index in [0.29, 0.717) is 6.42 Å². The van der Waals surface area contributed by atoms with Crippen LogP contribution in [0.1, 0.15) is 12.8 Å². The number of rotatable bonds is 3. The molecule has 0 bridgehead atoms. The lowest BCUT2D eigenvalue weighted by atomic mass is 10.1. The highest BCUT2D eigenvalue weighted by Gasteiger charge is 2.63. The standard InChI is InChI=1S/C8H10N2O5/c9-8(7(13)14)2-3(8)5-1-4(6(11)12)10-15-5/h3,5H,1-2,9H2,(H,11,12)(H,13,14)/t3-,5-,8+/m0/s1. The molecule has 0 spiro atoms. The van der Waals surface area contributed by atoms with Gasteiger partial charge in [-0.05, 0) is 6.42 Å². The van der Waals surface area contributed by atoms with Crippen molar-refractivity contribution in [1.29, 1.82) is 0 Å². The maximum Gasteiger partial charge on any atom is 0.353 e. The van der Waals surface area contributed by atoms with Crippen molar-refractivity contribution in [2.45, 2.75) is 24.5 Å². The van der Waals surface area contributed by atoms with Crippen LogP contribution in [0, 0.1) is 5.92 Å². The van der Waals surface area contributed by atoms with Crippen molar-refractivity contribution in [3.05, 3.63) is 0 Å². The van der Waals surface area contributed by atoms with Gasteiger partial charge in [-0.1, -0.05) is 5.16 Å². The van der Waals surface area contributed by atoms with Crippen molar-refractivity contribution < 1.29 is 24.6 Å². The molecule has 0 aromatic heterocycles. The number of carboxylic acids is 2. The summed E-state index contributed by atoms with van der Waals surface area (Å²) in [6, 6.07) is 0. The first-order valence-electron chi connectivity index (χ1n) is 4.43. The largest absolute Gasteiger partial charge is 0.480 e. The summed E-state index contributed by atoms with van der Waals surface area (Å²) in [5.74, 6) is -2.58. The Morgan fingerprint density at radius 3 is 2.60 bits per heavy atom. The first-order valence-corrected chi connectivity index (χ1v) is 4.43. The molecule has 0 aromatic carbocycles. The number of hydrogen-bond acceptors (Lipinski definition) is 5. The molecule has 0 saturated heterocycles. The molecule has 1 aliphatic heterocycles. The highest BCUT2D eigenvalue weighted by molar-refractivity contribution is 6.35. The van der Waals surface area contributed by atoms with Crippen LogP contribution >= 0.6 is 0 Å². The minimum atomic E-state index is -1.27. The van der Waals surface area contributed by atoms with E-state index in [1.807, 2.05) is 0 Å². The van der Waals surface area contributed by atoms with Gasteiger partial charge in [0.1, 0.15) is 11.6 Å². The van der Waals surface area contributed by atoms with E-state index in [4.69, 9.17) is 20.8 Å². The highest BCUT2D eigenvalue weighted by Crippen LogP contribution is 2.47. The van der Waals surface area contributed by atoms with Crippen LogP contribution < -0.4 is 5.73 Å². The predicted molar refractivity (Wildman–Crippen MR) is 47.2 cm³/mol. The van der Waals surface area contributed by atoms with Gasteiger partial charge < -0.3 is 20.8 Å². The van der Waals surface area contributed by atoms with Crippen LogP contribution in [0.4, 0.5) is 0 Å². The van der Waals surface area contributed by atoms with E-state index in [2.05, 4.69) is 5.16 Å². The third-order valence-corrected chi connectivity index (χ3v) is 2.85. The molecule has 82 valence electrons. The van der Waals surface area contributed by atoms with E-state index in [0.717, 1.165) is 0 Å². The fraction of sp³-hybridized carbons (Fsp3) is 0.625. The molecule has 7 heteroatoms. The van der Waals surface area contributed by atoms with E-state index in [1.54, 1.807) is 0 Å². The molecule has 0 amide bonds. The lowest BCUT2D eigenvalue weighted by Crippen LogP contribution is -2.38. The van der Waals surface area contributed by atoms with Gasteiger partial charge in [-0.25, -0.2) is 4.79 Å². The van der Waals surface area contributed by atoms with Crippen LogP contribution in [0.15, 0.2) is 5.16 Å². The molecule has 2 rings (SSSR count). The average Bonchev–Trinajstić information content (AvgIpc) is 2.63. The van der Waals surface area contributed by atoms with E-state index in [1.165, 1.54) is 0 Å². The van der Waals surface area contributed by atoms with Gasteiger partial charge in [0, 0.05) is 12.3 Å². The number of carbonyl (C=O) groups is 2. The van der Waals surface area contributed by atoms with Crippen LogP contribution in [0.2, 0.25) is 0 Å². The molecule has 7 nitrogen and oxygen atoms in total. The minimum absolute atomic E-state index is 0.0837. The number of oxime groups is 1. The fourth-order valence-corrected chi connectivity index (χ4v) is 1.75. The Bertz CT molecular complexity index is 366. The summed E-state index contributed by atoms with van der Waals surface area (Å²) in [5.41, 5.74) is 4.20. The van der Waals surface area contributed by atoms with Crippen molar-refractivity contribution in [2.24, 2.45) is 16.8 Å². The van der Waals surface area contributed by atoms with E-state index in [9.17, 15) is 9.59 Å². The zero-order valence-electron chi connectivity index (χ0n) is 7.71. The summed E-state index contributed by atoms with van der Waals surface area (Å²) in [7, 11) is 0. The summed E-state index contributed by atoms with van der Waals surface area (Å²) < 4.78 is 0. The number of carboxylic acid groups (broad SMARTS) is 2. The van der Waals surface area contributed by atoms with Gasteiger partial charge in [-0.2, -0.15) is 0 Å². The van der Waals surface area contributed by atoms with Gasteiger partial charge in [0.2, 0.25) is 0 Å². The average molecular weight is 214 g/mol. The topological polar surface area (TPSA) is 122 Å². The number of hydrogen-bond donors (Lipinski definition) is 3. The Hall–Kier alpha value is -1.63. The molecule has 1 aliphatic carbocycles. The molecular formula is C8H10N2O5. The normalized spacial score (nSPS) is 38.1. The molecule has 1 fully saturated rings. The van der Waals surface area contributed by atoms with E-state index >= 15 is 0 Å². The second kappa shape index (κ2) is 2.93. The van der Waals surface area contributed by atoms with Gasteiger partial charge in [0.15, 0.2) is 5.71 Å². The third kappa shape index (κ3) is 1.44. The first-order chi connectivity index (χ1) is 6.95. The summed E-state index contributed by atoms with van der Waals surface area (Å²) >= 11 is 0. The van der Waals surface area contributed by atoms with E-state index < -0.39 is 23.6 Å².